The Hall–Kier alpha value is -0.870. The van der Waals surface area contributed by atoms with Crippen LogP contribution in [0.25, 0.3) is 0 Å². The van der Waals surface area contributed by atoms with Gasteiger partial charge in [0.05, 0.1) is 5.69 Å². The Kier molecular flexibility index (Phi) is 5.25. The average Bonchev–Trinajstić information content (AvgIpc) is 2.58. The third-order valence-electron chi connectivity index (χ3n) is 2.09. The van der Waals surface area contributed by atoms with Gasteiger partial charge in [-0.3, -0.25) is 4.68 Å². The summed E-state index contributed by atoms with van der Waals surface area (Å²) in [6, 6.07) is 2.01. The highest BCUT2D eigenvalue weighted by Crippen LogP contribution is 1.95. The van der Waals surface area contributed by atoms with E-state index < -0.39 is 0 Å². The Morgan fingerprint density at radius 3 is 2.93 bits per heavy atom. The number of unbranched alkanes of at least 4 members (excludes halogenated alkanes) is 2. The van der Waals surface area contributed by atoms with Crippen molar-refractivity contribution in [2.24, 2.45) is 7.05 Å². The molecule has 1 aromatic heterocycles. The maximum absolute atomic E-state index is 8.57. The molecule has 0 aromatic carbocycles. The summed E-state index contributed by atoms with van der Waals surface area (Å²) in [5.74, 6) is 0. The van der Waals surface area contributed by atoms with E-state index in [0.717, 1.165) is 38.0 Å². The van der Waals surface area contributed by atoms with Gasteiger partial charge in [0.1, 0.15) is 0 Å². The third kappa shape index (κ3) is 4.39. The number of rotatable bonds is 7. The first-order valence-electron chi connectivity index (χ1n) is 5.13. The van der Waals surface area contributed by atoms with Crippen LogP contribution in [0.2, 0.25) is 0 Å². The number of aliphatic hydroxyl groups excluding tert-OH is 1. The largest absolute Gasteiger partial charge is 0.396 e. The minimum atomic E-state index is 0.306. The molecule has 0 radical (unpaired) electrons. The third-order valence-corrected chi connectivity index (χ3v) is 2.09. The van der Waals surface area contributed by atoms with Gasteiger partial charge in [0.25, 0.3) is 0 Å². The lowest BCUT2D eigenvalue weighted by molar-refractivity contribution is 0.283. The summed E-state index contributed by atoms with van der Waals surface area (Å²) in [4.78, 5) is 0. The van der Waals surface area contributed by atoms with Crippen LogP contribution in [0.15, 0.2) is 12.3 Å². The van der Waals surface area contributed by atoms with Crippen LogP contribution in [0, 0.1) is 0 Å². The maximum Gasteiger partial charge on any atom is 0.0762 e. The predicted octanol–water partition coefficient (Wildman–Crippen LogP) is 0.672. The fourth-order valence-corrected chi connectivity index (χ4v) is 1.31. The molecule has 1 rings (SSSR count). The van der Waals surface area contributed by atoms with Gasteiger partial charge in [0, 0.05) is 26.4 Å². The highest BCUT2D eigenvalue weighted by molar-refractivity contribution is 4.97. The summed E-state index contributed by atoms with van der Waals surface area (Å²) >= 11 is 0. The lowest BCUT2D eigenvalue weighted by Gasteiger charge is -2.01. The highest BCUT2D eigenvalue weighted by atomic mass is 16.2. The van der Waals surface area contributed by atoms with Crippen LogP contribution >= 0.6 is 0 Å². The quantitative estimate of drug-likeness (QED) is 0.632. The van der Waals surface area contributed by atoms with Crippen molar-refractivity contribution in [1.82, 2.24) is 15.1 Å². The van der Waals surface area contributed by atoms with Crippen LogP contribution in [0.1, 0.15) is 25.0 Å². The summed E-state index contributed by atoms with van der Waals surface area (Å²) in [5.41, 5.74) is 1.08. The van der Waals surface area contributed by atoms with Crippen molar-refractivity contribution < 1.29 is 5.11 Å². The van der Waals surface area contributed by atoms with Crippen LogP contribution in [-0.2, 0) is 13.6 Å². The van der Waals surface area contributed by atoms with Gasteiger partial charge in [-0.25, -0.2) is 0 Å². The van der Waals surface area contributed by atoms with Crippen LogP contribution in [0.4, 0.5) is 0 Å². The number of aliphatic hydroxyl groups is 1. The van der Waals surface area contributed by atoms with E-state index in [9.17, 15) is 0 Å². The first-order chi connectivity index (χ1) is 6.83. The van der Waals surface area contributed by atoms with Crippen molar-refractivity contribution in [3.8, 4) is 0 Å². The standard InChI is InChI=1S/C10H19N3O/c1-13-7-5-10(12-13)9-11-6-3-2-4-8-14/h5,7,11,14H,2-4,6,8-9H2,1H3. The van der Waals surface area contributed by atoms with E-state index in [-0.39, 0.29) is 0 Å². The lowest BCUT2D eigenvalue weighted by Crippen LogP contribution is -2.15. The van der Waals surface area contributed by atoms with Gasteiger partial charge >= 0.3 is 0 Å². The molecular formula is C10H19N3O. The van der Waals surface area contributed by atoms with Gasteiger partial charge in [0.15, 0.2) is 0 Å². The van der Waals surface area contributed by atoms with Gasteiger partial charge in [-0.1, -0.05) is 0 Å². The molecule has 0 amide bonds. The van der Waals surface area contributed by atoms with E-state index in [1.807, 2.05) is 24.0 Å². The Labute approximate surface area is 84.9 Å². The Bertz CT molecular complexity index is 247. The highest BCUT2D eigenvalue weighted by Gasteiger charge is 1.95. The molecule has 0 aliphatic carbocycles. The van der Waals surface area contributed by atoms with Crippen LogP contribution in [0.5, 0.6) is 0 Å². The molecule has 80 valence electrons. The molecule has 0 saturated carbocycles. The molecule has 0 bridgehead atoms. The van der Waals surface area contributed by atoms with Gasteiger partial charge in [-0.2, -0.15) is 5.10 Å². The summed E-state index contributed by atoms with van der Waals surface area (Å²) < 4.78 is 1.81. The number of aryl methyl sites for hydroxylation is 1. The second kappa shape index (κ2) is 6.56. The van der Waals surface area contributed by atoms with E-state index in [4.69, 9.17) is 5.11 Å². The number of hydrogen-bond acceptors (Lipinski definition) is 3. The van der Waals surface area contributed by atoms with E-state index in [0.29, 0.717) is 6.61 Å². The van der Waals surface area contributed by atoms with Crippen molar-refractivity contribution in [2.75, 3.05) is 13.2 Å². The molecule has 2 N–H and O–H groups in total. The maximum atomic E-state index is 8.57. The Morgan fingerprint density at radius 2 is 2.29 bits per heavy atom. The minimum Gasteiger partial charge on any atom is -0.396 e. The van der Waals surface area contributed by atoms with Gasteiger partial charge in [0.2, 0.25) is 0 Å². The zero-order valence-corrected chi connectivity index (χ0v) is 8.74. The number of hydrogen-bond donors (Lipinski definition) is 2. The Morgan fingerprint density at radius 1 is 1.43 bits per heavy atom. The van der Waals surface area contributed by atoms with E-state index in [1.165, 1.54) is 0 Å². The van der Waals surface area contributed by atoms with E-state index in [2.05, 4.69) is 10.4 Å². The molecule has 4 heteroatoms. The molecule has 0 fully saturated rings. The zero-order chi connectivity index (χ0) is 10.2. The SMILES string of the molecule is Cn1ccc(CNCCCCCO)n1. The molecule has 0 aliphatic heterocycles. The first-order valence-corrected chi connectivity index (χ1v) is 5.13. The molecule has 0 atom stereocenters. The van der Waals surface area contributed by atoms with Crippen molar-refractivity contribution in [3.05, 3.63) is 18.0 Å². The van der Waals surface area contributed by atoms with Crippen LogP contribution < -0.4 is 5.32 Å². The molecule has 0 saturated heterocycles. The Balaban J connectivity index is 1.99. The molecule has 0 aliphatic rings. The van der Waals surface area contributed by atoms with E-state index in [1.54, 1.807) is 0 Å². The van der Waals surface area contributed by atoms with E-state index >= 15 is 0 Å². The number of aromatic nitrogens is 2. The van der Waals surface area contributed by atoms with Gasteiger partial charge < -0.3 is 10.4 Å². The molecule has 4 nitrogen and oxygen atoms in total. The van der Waals surface area contributed by atoms with Crippen molar-refractivity contribution in [3.63, 3.8) is 0 Å². The smallest absolute Gasteiger partial charge is 0.0762 e. The molecule has 1 aromatic rings. The molecule has 14 heavy (non-hydrogen) atoms. The topological polar surface area (TPSA) is 50.1 Å². The van der Waals surface area contributed by atoms with Gasteiger partial charge in [-0.05, 0) is 31.9 Å². The monoisotopic (exact) mass is 197 g/mol. The fourth-order valence-electron chi connectivity index (χ4n) is 1.31. The summed E-state index contributed by atoms with van der Waals surface area (Å²) in [6.07, 6.45) is 5.06. The predicted molar refractivity (Wildman–Crippen MR) is 55.9 cm³/mol. The lowest BCUT2D eigenvalue weighted by atomic mass is 10.2. The fraction of sp³-hybridized carbons (Fsp3) is 0.700. The number of nitrogens with one attached hydrogen (secondary N) is 1. The second-order valence-electron chi connectivity index (χ2n) is 3.44. The van der Waals surface area contributed by atoms with Gasteiger partial charge in [-0.15, -0.1) is 0 Å². The van der Waals surface area contributed by atoms with Crippen LogP contribution in [-0.4, -0.2) is 28.0 Å². The normalized spacial score (nSPS) is 10.7. The zero-order valence-electron chi connectivity index (χ0n) is 8.74. The molecule has 0 unspecified atom stereocenters. The minimum absolute atomic E-state index is 0.306. The molecule has 1 heterocycles. The molecule has 0 spiro atoms. The molecular weight excluding hydrogens is 178 g/mol. The summed E-state index contributed by atoms with van der Waals surface area (Å²) in [5, 5.41) is 16.1. The van der Waals surface area contributed by atoms with Crippen molar-refractivity contribution in [2.45, 2.75) is 25.8 Å². The summed E-state index contributed by atoms with van der Waals surface area (Å²) in [7, 11) is 1.92. The first kappa shape index (κ1) is 11.2. The van der Waals surface area contributed by atoms with Crippen molar-refractivity contribution >= 4 is 0 Å². The van der Waals surface area contributed by atoms with Crippen molar-refractivity contribution in [1.29, 1.82) is 0 Å². The summed E-state index contributed by atoms with van der Waals surface area (Å²) in [6.45, 7) is 2.14. The number of nitrogens with zero attached hydrogens (tertiary/aromatic N) is 2. The average molecular weight is 197 g/mol. The van der Waals surface area contributed by atoms with Crippen LogP contribution in [0.3, 0.4) is 0 Å². The second-order valence-corrected chi connectivity index (χ2v) is 3.44.